The van der Waals surface area contributed by atoms with Crippen molar-refractivity contribution in [2.45, 2.75) is 6.92 Å². The number of pyridine rings is 1. The Labute approximate surface area is 146 Å². The number of nitrogen functional groups attached to an aromatic ring is 2. The lowest BCUT2D eigenvalue weighted by atomic mass is 10.1. The van der Waals surface area contributed by atoms with E-state index in [0.29, 0.717) is 37.1 Å². The van der Waals surface area contributed by atoms with E-state index in [1.165, 1.54) is 0 Å². The standard InChI is InChI=1S/C16H12ClN5OS/c1-7-10(6-18)14(20)22-16-11(7)12(19)13(24-16)15(23)21-9-4-2-8(17)3-5-9/h2-5H,19H2,1H3,(H2,20,22)(H,21,23). The highest BCUT2D eigenvalue weighted by molar-refractivity contribution is 7.21. The highest BCUT2D eigenvalue weighted by Crippen LogP contribution is 2.37. The van der Waals surface area contributed by atoms with Crippen molar-refractivity contribution in [2.75, 3.05) is 16.8 Å². The van der Waals surface area contributed by atoms with Gasteiger partial charge in [0.1, 0.15) is 21.6 Å². The second-order valence-electron chi connectivity index (χ2n) is 5.09. The number of nitrogens with two attached hydrogens (primary N) is 2. The Morgan fingerprint density at radius 1 is 1.33 bits per heavy atom. The third kappa shape index (κ3) is 2.62. The Kier molecular flexibility index (Phi) is 4.01. The van der Waals surface area contributed by atoms with E-state index in [2.05, 4.69) is 10.3 Å². The van der Waals surface area contributed by atoms with Crippen molar-refractivity contribution in [1.29, 1.82) is 5.26 Å². The predicted molar refractivity (Wildman–Crippen MR) is 97.3 cm³/mol. The molecule has 0 aliphatic rings. The third-order valence-electron chi connectivity index (χ3n) is 3.57. The van der Waals surface area contributed by atoms with Gasteiger partial charge in [0.05, 0.1) is 11.3 Å². The first kappa shape index (κ1) is 16.1. The minimum absolute atomic E-state index is 0.133. The number of carbonyl (C=O) groups excluding carboxylic acids is 1. The fourth-order valence-electron chi connectivity index (χ4n) is 2.39. The summed E-state index contributed by atoms with van der Waals surface area (Å²) in [5.74, 6) is -0.220. The Morgan fingerprint density at radius 2 is 2.00 bits per heavy atom. The lowest BCUT2D eigenvalue weighted by molar-refractivity contribution is 0.103. The molecule has 24 heavy (non-hydrogen) atoms. The van der Waals surface area contributed by atoms with Crippen LogP contribution in [0.1, 0.15) is 20.8 Å². The van der Waals surface area contributed by atoms with Gasteiger partial charge in [0.15, 0.2) is 0 Å². The number of hydrogen-bond donors (Lipinski definition) is 3. The number of thiophene rings is 1. The van der Waals surface area contributed by atoms with Crippen LogP contribution in [0.25, 0.3) is 10.2 Å². The van der Waals surface area contributed by atoms with E-state index in [1.807, 2.05) is 6.07 Å². The van der Waals surface area contributed by atoms with Crippen molar-refractivity contribution < 1.29 is 4.79 Å². The molecule has 0 fully saturated rings. The number of halogens is 1. The quantitative estimate of drug-likeness (QED) is 0.648. The van der Waals surface area contributed by atoms with Gasteiger partial charge in [-0.2, -0.15) is 5.26 Å². The topological polar surface area (TPSA) is 118 Å². The molecule has 0 atom stereocenters. The van der Waals surface area contributed by atoms with Gasteiger partial charge in [-0.05, 0) is 36.8 Å². The maximum atomic E-state index is 12.5. The number of fused-ring (bicyclic) bond motifs is 1. The van der Waals surface area contributed by atoms with Gasteiger partial charge in [-0.3, -0.25) is 4.79 Å². The molecule has 3 rings (SSSR count). The number of hydrogen-bond acceptors (Lipinski definition) is 6. The minimum Gasteiger partial charge on any atom is -0.397 e. The van der Waals surface area contributed by atoms with Gasteiger partial charge in [-0.1, -0.05) is 11.6 Å². The molecular weight excluding hydrogens is 346 g/mol. The smallest absolute Gasteiger partial charge is 0.267 e. The number of rotatable bonds is 2. The summed E-state index contributed by atoms with van der Waals surface area (Å²) in [4.78, 5) is 17.5. The van der Waals surface area contributed by atoms with E-state index in [-0.39, 0.29) is 17.3 Å². The van der Waals surface area contributed by atoms with Gasteiger partial charge in [-0.15, -0.1) is 11.3 Å². The Bertz CT molecular complexity index is 1000. The largest absolute Gasteiger partial charge is 0.397 e. The molecule has 8 heteroatoms. The van der Waals surface area contributed by atoms with Crippen LogP contribution in [-0.2, 0) is 0 Å². The number of aromatic nitrogens is 1. The van der Waals surface area contributed by atoms with E-state index in [1.54, 1.807) is 31.2 Å². The van der Waals surface area contributed by atoms with E-state index in [9.17, 15) is 10.1 Å². The molecule has 0 saturated heterocycles. The molecule has 1 aromatic carbocycles. The van der Waals surface area contributed by atoms with Crippen LogP contribution in [0.2, 0.25) is 5.02 Å². The van der Waals surface area contributed by atoms with Crippen molar-refractivity contribution in [3.05, 3.63) is 45.3 Å². The molecule has 1 amide bonds. The molecule has 0 bridgehead atoms. The molecule has 0 aliphatic carbocycles. The van der Waals surface area contributed by atoms with E-state index in [4.69, 9.17) is 23.1 Å². The first-order chi connectivity index (χ1) is 11.4. The predicted octanol–water partition coefficient (Wildman–Crippen LogP) is 3.55. The third-order valence-corrected chi connectivity index (χ3v) is 4.92. The molecule has 3 aromatic rings. The van der Waals surface area contributed by atoms with Crippen LogP contribution in [0.4, 0.5) is 17.2 Å². The normalized spacial score (nSPS) is 10.5. The van der Waals surface area contributed by atoms with Gasteiger partial charge in [0.2, 0.25) is 0 Å². The van der Waals surface area contributed by atoms with E-state index >= 15 is 0 Å². The summed E-state index contributed by atoms with van der Waals surface area (Å²) in [6.07, 6.45) is 0. The zero-order valence-electron chi connectivity index (χ0n) is 12.6. The van der Waals surface area contributed by atoms with Crippen LogP contribution in [0.5, 0.6) is 0 Å². The minimum atomic E-state index is -0.352. The summed E-state index contributed by atoms with van der Waals surface area (Å²) < 4.78 is 0. The molecule has 0 aliphatic heterocycles. The van der Waals surface area contributed by atoms with E-state index in [0.717, 1.165) is 11.3 Å². The van der Waals surface area contributed by atoms with Crippen molar-refractivity contribution in [3.63, 3.8) is 0 Å². The van der Waals surface area contributed by atoms with Crippen LogP contribution < -0.4 is 16.8 Å². The van der Waals surface area contributed by atoms with Crippen LogP contribution in [0.15, 0.2) is 24.3 Å². The Morgan fingerprint density at radius 3 is 2.62 bits per heavy atom. The number of benzene rings is 1. The first-order valence-electron chi connectivity index (χ1n) is 6.87. The molecule has 5 N–H and O–H groups in total. The van der Waals surface area contributed by atoms with Crippen LogP contribution in [0.3, 0.4) is 0 Å². The molecule has 120 valence electrons. The Balaban J connectivity index is 2.05. The van der Waals surface area contributed by atoms with Crippen LogP contribution in [0, 0.1) is 18.3 Å². The summed E-state index contributed by atoms with van der Waals surface area (Å²) >= 11 is 6.97. The number of anilines is 3. The van der Waals surface area contributed by atoms with Crippen LogP contribution in [-0.4, -0.2) is 10.9 Å². The number of carbonyl (C=O) groups is 1. The molecular formula is C16H12ClN5OS. The number of nitrogens with zero attached hydrogens (tertiary/aromatic N) is 2. The van der Waals surface area contributed by atoms with Gasteiger partial charge in [0, 0.05) is 16.1 Å². The van der Waals surface area contributed by atoms with E-state index < -0.39 is 0 Å². The fourth-order valence-corrected chi connectivity index (χ4v) is 3.57. The molecule has 6 nitrogen and oxygen atoms in total. The van der Waals surface area contributed by atoms with Crippen molar-refractivity contribution >= 4 is 56.3 Å². The lowest BCUT2D eigenvalue weighted by Crippen LogP contribution is -2.11. The summed E-state index contributed by atoms with van der Waals surface area (Å²) in [5, 5.41) is 13.1. The fraction of sp³-hybridized carbons (Fsp3) is 0.0625. The summed E-state index contributed by atoms with van der Waals surface area (Å²) in [6.45, 7) is 1.74. The zero-order chi connectivity index (χ0) is 17.4. The zero-order valence-corrected chi connectivity index (χ0v) is 14.1. The number of nitriles is 1. The van der Waals surface area contributed by atoms with Crippen LogP contribution >= 0.6 is 22.9 Å². The molecule has 0 saturated carbocycles. The maximum Gasteiger partial charge on any atom is 0.267 e. The maximum absolute atomic E-state index is 12.5. The van der Waals surface area contributed by atoms with Crippen molar-refractivity contribution in [2.24, 2.45) is 0 Å². The first-order valence-corrected chi connectivity index (χ1v) is 8.07. The van der Waals surface area contributed by atoms with Gasteiger partial charge < -0.3 is 16.8 Å². The molecule has 0 unspecified atom stereocenters. The summed E-state index contributed by atoms with van der Waals surface area (Å²) in [6, 6.07) is 8.76. The lowest BCUT2D eigenvalue weighted by Gasteiger charge is -2.05. The molecule has 2 heterocycles. The second-order valence-corrected chi connectivity index (χ2v) is 6.53. The average molecular weight is 358 g/mol. The average Bonchev–Trinajstić information content (AvgIpc) is 2.87. The monoisotopic (exact) mass is 357 g/mol. The second kappa shape index (κ2) is 6.00. The number of amides is 1. The Hall–Kier alpha value is -2.82. The molecule has 0 spiro atoms. The SMILES string of the molecule is Cc1c(C#N)c(N)nc2sc(C(=O)Nc3ccc(Cl)cc3)c(N)c12. The van der Waals surface area contributed by atoms with Crippen molar-refractivity contribution in [3.8, 4) is 6.07 Å². The summed E-state index contributed by atoms with van der Waals surface area (Å²) in [7, 11) is 0. The highest BCUT2D eigenvalue weighted by atomic mass is 35.5. The number of aryl methyl sites for hydroxylation is 1. The summed E-state index contributed by atoms with van der Waals surface area (Å²) in [5.41, 5.74) is 13.7. The van der Waals surface area contributed by atoms with Gasteiger partial charge >= 0.3 is 0 Å². The van der Waals surface area contributed by atoms with Gasteiger partial charge in [0.25, 0.3) is 5.91 Å². The molecule has 0 radical (unpaired) electrons. The van der Waals surface area contributed by atoms with Gasteiger partial charge in [-0.25, -0.2) is 4.98 Å². The highest BCUT2D eigenvalue weighted by Gasteiger charge is 2.21. The van der Waals surface area contributed by atoms with Crippen molar-refractivity contribution in [1.82, 2.24) is 4.98 Å². The number of nitrogens with one attached hydrogen (secondary N) is 1. The molecule has 2 aromatic heterocycles.